The standard InChI is InChI=1S/C24H23FO3/c1-17(7-8-18-9-11-20(12-10-18)24(26)27)22-15-21(25)13-14-23(22)28-16-19-5-3-2-4-6-19/h2-6,9-15,17H,7-8,16H2,1H3,(H,26,27). The zero-order chi connectivity index (χ0) is 19.9. The SMILES string of the molecule is CC(CCc1ccc(C(=O)O)cc1)c1cc(F)ccc1OCc1ccccc1. The Labute approximate surface area is 164 Å². The molecule has 144 valence electrons. The third kappa shape index (κ3) is 5.19. The smallest absolute Gasteiger partial charge is 0.335 e. The Kier molecular flexibility index (Phi) is 6.43. The Bertz CT molecular complexity index is 920. The molecule has 0 aromatic heterocycles. The quantitative estimate of drug-likeness (QED) is 0.536. The average Bonchev–Trinajstić information content (AvgIpc) is 2.72. The molecule has 0 aliphatic carbocycles. The molecule has 28 heavy (non-hydrogen) atoms. The fourth-order valence-electron chi connectivity index (χ4n) is 3.12. The van der Waals surface area contributed by atoms with Crippen molar-refractivity contribution in [1.29, 1.82) is 0 Å². The molecule has 3 nitrogen and oxygen atoms in total. The molecule has 3 rings (SSSR count). The topological polar surface area (TPSA) is 46.5 Å². The zero-order valence-corrected chi connectivity index (χ0v) is 15.8. The summed E-state index contributed by atoms with van der Waals surface area (Å²) < 4.78 is 19.8. The van der Waals surface area contributed by atoms with Gasteiger partial charge in [0.2, 0.25) is 0 Å². The van der Waals surface area contributed by atoms with Crippen molar-refractivity contribution in [1.82, 2.24) is 0 Å². The second-order valence-corrected chi connectivity index (χ2v) is 6.90. The van der Waals surface area contributed by atoms with Gasteiger partial charge in [0, 0.05) is 0 Å². The Balaban J connectivity index is 1.67. The van der Waals surface area contributed by atoms with E-state index in [1.165, 1.54) is 6.07 Å². The summed E-state index contributed by atoms with van der Waals surface area (Å²) in [6.07, 6.45) is 1.58. The first kappa shape index (κ1) is 19.6. The first-order valence-electron chi connectivity index (χ1n) is 9.31. The van der Waals surface area contributed by atoms with Crippen molar-refractivity contribution in [3.05, 3.63) is 101 Å². The second kappa shape index (κ2) is 9.18. The van der Waals surface area contributed by atoms with Gasteiger partial charge in [-0.3, -0.25) is 0 Å². The molecule has 0 spiro atoms. The number of ether oxygens (including phenoxy) is 1. The van der Waals surface area contributed by atoms with Crippen molar-refractivity contribution in [3.63, 3.8) is 0 Å². The van der Waals surface area contributed by atoms with Crippen LogP contribution in [0.15, 0.2) is 72.8 Å². The number of hydrogen-bond acceptors (Lipinski definition) is 2. The highest BCUT2D eigenvalue weighted by Crippen LogP contribution is 2.31. The number of rotatable bonds is 8. The lowest BCUT2D eigenvalue weighted by molar-refractivity contribution is 0.0697. The molecule has 1 N–H and O–H groups in total. The minimum absolute atomic E-state index is 0.0978. The molecule has 0 saturated carbocycles. The van der Waals surface area contributed by atoms with E-state index in [0.29, 0.717) is 12.4 Å². The molecule has 3 aromatic rings. The van der Waals surface area contributed by atoms with E-state index in [2.05, 4.69) is 6.92 Å². The van der Waals surface area contributed by atoms with Gasteiger partial charge >= 0.3 is 5.97 Å². The Hall–Kier alpha value is -3.14. The van der Waals surface area contributed by atoms with Crippen LogP contribution in [0.2, 0.25) is 0 Å². The summed E-state index contributed by atoms with van der Waals surface area (Å²) in [6.45, 7) is 2.48. The van der Waals surface area contributed by atoms with Gasteiger partial charge in [-0.25, -0.2) is 9.18 Å². The molecule has 3 aromatic carbocycles. The van der Waals surface area contributed by atoms with Gasteiger partial charge in [-0.15, -0.1) is 0 Å². The summed E-state index contributed by atoms with van der Waals surface area (Å²) in [5, 5.41) is 8.98. The van der Waals surface area contributed by atoms with Crippen LogP contribution < -0.4 is 4.74 Å². The molecule has 0 aliphatic rings. The number of aromatic carboxylic acids is 1. The van der Waals surface area contributed by atoms with Crippen molar-refractivity contribution < 1.29 is 19.0 Å². The number of hydrogen-bond donors (Lipinski definition) is 1. The minimum atomic E-state index is -0.931. The van der Waals surface area contributed by atoms with Crippen molar-refractivity contribution in [2.75, 3.05) is 0 Å². The van der Waals surface area contributed by atoms with E-state index in [1.807, 2.05) is 42.5 Å². The van der Waals surface area contributed by atoms with Crippen LogP contribution in [0.1, 0.15) is 46.3 Å². The molecule has 1 atom stereocenters. The van der Waals surface area contributed by atoms with Crippen LogP contribution in [-0.2, 0) is 13.0 Å². The molecule has 0 amide bonds. The summed E-state index contributed by atoms with van der Waals surface area (Å²) >= 11 is 0. The maximum absolute atomic E-state index is 13.8. The number of carbonyl (C=O) groups is 1. The maximum Gasteiger partial charge on any atom is 0.335 e. The van der Waals surface area contributed by atoms with Gasteiger partial charge in [-0.1, -0.05) is 49.4 Å². The van der Waals surface area contributed by atoms with Gasteiger partial charge in [0.05, 0.1) is 5.56 Å². The normalized spacial score (nSPS) is 11.8. The summed E-state index contributed by atoms with van der Waals surface area (Å²) in [7, 11) is 0. The van der Waals surface area contributed by atoms with Gasteiger partial charge < -0.3 is 9.84 Å². The molecule has 1 unspecified atom stereocenters. The number of carboxylic acids is 1. The van der Waals surface area contributed by atoms with E-state index >= 15 is 0 Å². The number of carboxylic acid groups (broad SMARTS) is 1. The van der Waals surface area contributed by atoms with Crippen LogP contribution in [0.5, 0.6) is 5.75 Å². The molecule has 0 radical (unpaired) electrons. The number of halogens is 1. The van der Waals surface area contributed by atoms with Crippen LogP contribution in [0.25, 0.3) is 0 Å². The van der Waals surface area contributed by atoms with E-state index in [4.69, 9.17) is 9.84 Å². The molecule has 0 fully saturated rings. The predicted octanol–water partition coefficient (Wildman–Crippen LogP) is 5.84. The average molecular weight is 378 g/mol. The lowest BCUT2D eigenvalue weighted by Crippen LogP contribution is -2.03. The van der Waals surface area contributed by atoms with E-state index in [-0.39, 0.29) is 17.3 Å². The third-order valence-electron chi connectivity index (χ3n) is 4.81. The fraction of sp³-hybridized carbons (Fsp3) is 0.208. The lowest BCUT2D eigenvalue weighted by Gasteiger charge is -2.17. The summed E-state index contributed by atoms with van der Waals surface area (Å²) in [6, 6.07) is 21.4. The summed E-state index contributed by atoms with van der Waals surface area (Å²) in [4.78, 5) is 10.9. The van der Waals surface area contributed by atoms with Gasteiger partial charge in [0.1, 0.15) is 18.2 Å². The van der Waals surface area contributed by atoms with E-state index in [1.54, 1.807) is 24.3 Å². The highest BCUT2D eigenvalue weighted by Gasteiger charge is 2.14. The largest absolute Gasteiger partial charge is 0.489 e. The van der Waals surface area contributed by atoms with Crippen LogP contribution >= 0.6 is 0 Å². The predicted molar refractivity (Wildman–Crippen MR) is 107 cm³/mol. The molecule has 0 aliphatic heterocycles. The van der Waals surface area contributed by atoms with Gasteiger partial charge in [-0.2, -0.15) is 0 Å². The van der Waals surface area contributed by atoms with E-state index in [9.17, 15) is 9.18 Å². The van der Waals surface area contributed by atoms with Crippen LogP contribution in [0.4, 0.5) is 4.39 Å². The highest BCUT2D eigenvalue weighted by atomic mass is 19.1. The molecular formula is C24H23FO3. The fourth-order valence-corrected chi connectivity index (χ4v) is 3.12. The summed E-state index contributed by atoms with van der Waals surface area (Å²) in [5.74, 6) is -0.417. The van der Waals surface area contributed by atoms with E-state index in [0.717, 1.165) is 29.5 Å². The second-order valence-electron chi connectivity index (χ2n) is 6.90. The number of aryl methyl sites for hydroxylation is 1. The third-order valence-corrected chi connectivity index (χ3v) is 4.81. The van der Waals surface area contributed by atoms with Crippen molar-refractivity contribution in [2.24, 2.45) is 0 Å². The zero-order valence-electron chi connectivity index (χ0n) is 15.8. The monoisotopic (exact) mass is 378 g/mol. The first-order valence-corrected chi connectivity index (χ1v) is 9.31. The molecular weight excluding hydrogens is 355 g/mol. The van der Waals surface area contributed by atoms with Crippen LogP contribution in [-0.4, -0.2) is 11.1 Å². The Morgan fingerprint density at radius 3 is 2.39 bits per heavy atom. The van der Waals surface area contributed by atoms with E-state index < -0.39 is 5.97 Å². The Morgan fingerprint density at radius 1 is 1.00 bits per heavy atom. The lowest BCUT2D eigenvalue weighted by atomic mass is 9.93. The van der Waals surface area contributed by atoms with Gasteiger partial charge in [0.15, 0.2) is 0 Å². The van der Waals surface area contributed by atoms with Crippen LogP contribution in [0.3, 0.4) is 0 Å². The maximum atomic E-state index is 13.8. The molecule has 0 bridgehead atoms. The first-order chi connectivity index (χ1) is 13.5. The van der Waals surface area contributed by atoms with Gasteiger partial charge in [-0.05, 0) is 65.8 Å². The van der Waals surface area contributed by atoms with Crippen LogP contribution in [0, 0.1) is 5.82 Å². The molecule has 0 saturated heterocycles. The Morgan fingerprint density at radius 2 is 1.71 bits per heavy atom. The highest BCUT2D eigenvalue weighted by molar-refractivity contribution is 5.87. The summed E-state index contributed by atoms with van der Waals surface area (Å²) in [5.41, 5.74) is 3.24. The number of benzene rings is 3. The van der Waals surface area contributed by atoms with Gasteiger partial charge in [0.25, 0.3) is 0 Å². The van der Waals surface area contributed by atoms with Crippen molar-refractivity contribution in [3.8, 4) is 5.75 Å². The van der Waals surface area contributed by atoms with Crippen molar-refractivity contribution >= 4 is 5.97 Å². The molecule has 4 heteroatoms. The molecule has 0 heterocycles. The minimum Gasteiger partial charge on any atom is -0.489 e. The van der Waals surface area contributed by atoms with Crippen molar-refractivity contribution in [2.45, 2.75) is 32.3 Å².